The van der Waals surface area contributed by atoms with Gasteiger partial charge in [0, 0.05) is 62.3 Å². The minimum Gasteiger partial charge on any atom is -0.338 e. The van der Waals surface area contributed by atoms with E-state index in [0.717, 1.165) is 82.3 Å². The van der Waals surface area contributed by atoms with E-state index in [1.165, 1.54) is 9.09 Å². The number of anilines is 1. The number of piperazine rings is 1. The van der Waals surface area contributed by atoms with E-state index >= 15 is 0 Å². The Kier molecular flexibility index (Phi) is 7.05. The molecular weight excluding hydrogens is 402 g/mol. The van der Waals surface area contributed by atoms with Crippen molar-refractivity contribution in [1.29, 1.82) is 0 Å². The van der Waals surface area contributed by atoms with Gasteiger partial charge in [0.1, 0.15) is 0 Å². The molecule has 0 N–H and O–H groups in total. The second-order valence-corrected chi connectivity index (χ2v) is 9.99. The predicted octanol–water partition coefficient (Wildman–Crippen LogP) is 3.25. The third-order valence-corrected chi connectivity index (χ3v) is 8.12. The van der Waals surface area contributed by atoms with E-state index in [1.807, 2.05) is 17.8 Å². The van der Waals surface area contributed by atoms with E-state index in [4.69, 9.17) is 0 Å². The van der Waals surface area contributed by atoms with Crippen LogP contribution in [0, 0.1) is 0 Å². The van der Waals surface area contributed by atoms with Gasteiger partial charge in [-0.05, 0) is 37.9 Å². The summed E-state index contributed by atoms with van der Waals surface area (Å²) in [6.07, 6.45) is 6.82. The summed E-state index contributed by atoms with van der Waals surface area (Å²) in [5, 5.41) is 0. The third-order valence-electron chi connectivity index (χ3n) is 5.57. The fraction of sp³-hybridized carbons (Fsp3) is 0.571. The van der Waals surface area contributed by atoms with Crippen LogP contribution in [0.15, 0.2) is 28.7 Å². The standard InChI is InChI=1S/C21H29N5OS2/c1-2-17-16-18-19(27)25(14-15-28-20(18)29-17)9-4-3-8-24-10-12-26(13-11-24)21-22-6-5-7-23-21/h5-7,16H,2-4,8-15H2,1H3. The molecule has 0 aliphatic carbocycles. The van der Waals surface area contributed by atoms with Crippen molar-refractivity contribution in [2.75, 3.05) is 56.5 Å². The Balaban J connectivity index is 1.19. The molecule has 0 saturated carbocycles. The first-order valence-electron chi connectivity index (χ1n) is 10.5. The Hall–Kier alpha value is -1.64. The molecule has 1 saturated heterocycles. The van der Waals surface area contributed by atoms with Crippen LogP contribution in [0.4, 0.5) is 5.95 Å². The fourth-order valence-corrected chi connectivity index (χ4v) is 6.27. The molecule has 4 rings (SSSR count). The molecule has 0 atom stereocenters. The quantitative estimate of drug-likeness (QED) is 0.628. The average molecular weight is 432 g/mol. The van der Waals surface area contributed by atoms with E-state index < -0.39 is 0 Å². The van der Waals surface area contributed by atoms with Crippen molar-refractivity contribution < 1.29 is 4.79 Å². The van der Waals surface area contributed by atoms with Crippen LogP contribution in [-0.2, 0) is 6.42 Å². The Labute approximate surface area is 181 Å². The van der Waals surface area contributed by atoms with Crippen molar-refractivity contribution in [2.24, 2.45) is 0 Å². The highest BCUT2D eigenvalue weighted by Crippen LogP contribution is 2.35. The Morgan fingerprint density at radius 3 is 2.55 bits per heavy atom. The van der Waals surface area contributed by atoms with Crippen LogP contribution in [0.5, 0.6) is 0 Å². The smallest absolute Gasteiger partial charge is 0.255 e. The molecule has 2 aromatic heterocycles. The zero-order valence-corrected chi connectivity index (χ0v) is 18.7. The van der Waals surface area contributed by atoms with Gasteiger partial charge >= 0.3 is 0 Å². The molecule has 0 bridgehead atoms. The topological polar surface area (TPSA) is 52.6 Å². The molecule has 0 unspecified atom stereocenters. The van der Waals surface area contributed by atoms with Gasteiger partial charge in [0.2, 0.25) is 5.95 Å². The van der Waals surface area contributed by atoms with Gasteiger partial charge < -0.3 is 9.80 Å². The van der Waals surface area contributed by atoms with Gasteiger partial charge in [-0.1, -0.05) is 6.92 Å². The maximum Gasteiger partial charge on any atom is 0.255 e. The molecule has 0 spiro atoms. The Bertz CT molecular complexity index is 805. The molecule has 1 fully saturated rings. The van der Waals surface area contributed by atoms with Crippen molar-refractivity contribution >= 4 is 35.0 Å². The Morgan fingerprint density at radius 1 is 1.03 bits per heavy atom. The summed E-state index contributed by atoms with van der Waals surface area (Å²) in [6, 6.07) is 3.97. The largest absolute Gasteiger partial charge is 0.338 e. The van der Waals surface area contributed by atoms with Gasteiger partial charge in [-0.3, -0.25) is 9.69 Å². The van der Waals surface area contributed by atoms with Crippen molar-refractivity contribution in [3.63, 3.8) is 0 Å². The summed E-state index contributed by atoms with van der Waals surface area (Å²) in [5.41, 5.74) is 0.939. The molecule has 4 heterocycles. The van der Waals surface area contributed by atoms with E-state index in [2.05, 4.69) is 37.7 Å². The maximum atomic E-state index is 12.9. The molecule has 0 radical (unpaired) electrons. The van der Waals surface area contributed by atoms with Crippen molar-refractivity contribution in [2.45, 2.75) is 30.4 Å². The molecule has 2 aromatic rings. The number of aryl methyl sites for hydroxylation is 1. The number of rotatable bonds is 7. The summed E-state index contributed by atoms with van der Waals surface area (Å²) in [5.74, 6) is 2.08. The molecule has 6 nitrogen and oxygen atoms in total. The van der Waals surface area contributed by atoms with Crippen LogP contribution in [-0.4, -0.2) is 77.2 Å². The van der Waals surface area contributed by atoms with Gasteiger partial charge in [0.25, 0.3) is 5.91 Å². The number of carbonyl (C=O) groups is 1. The van der Waals surface area contributed by atoms with Crippen LogP contribution in [0.1, 0.15) is 35.0 Å². The lowest BCUT2D eigenvalue weighted by Gasteiger charge is -2.34. The molecule has 8 heteroatoms. The fourth-order valence-electron chi connectivity index (χ4n) is 3.85. The van der Waals surface area contributed by atoms with Gasteiger partial charge in [-0.25, -0.2) is 9.97 Å². The molecule has 0 aromatic carbocycles. The second-order valence-electron chi connectivity index (χ2n) is 7.49. The van der Waals surface area contributed by atoms with E-state index in [1.54, 1.807) is 23.7 Å². The van der Waals surface area contributed by atoms with E-state index in [9.17, 15) is 4.79 Å². The zero-order valence-electron chi connectivity index (χ0n) is 17.0. The van der Waals surface area contributed by atoms with Crippen molar-refractivity contribution in [3.05, 3.63) is 35.0 Å². The summed E-state index contributed by atoms with van der Waals surface area (Å²) >= 11 is 3.64. The Morgan fingerprint density at radius 2 is 1.79 bits per heavy atom. The number of thiophene rings is 1. The number of unbranched alkanes of at least 4 members (excludes halogenated alkanes) is 1. The van der Waals surface area contributed by atoms with Gasteiger partial charge in [-0.15, -0.1) is 23.1 Å². The summed E-state index contributed by atoms with van der Waals surface area (Å²) in [7, 11) is 0. The number of fused-ring (bicyclic) bond motifs is 1. The lowest BCUT2D eigenvalue weighted by atomic mass is 10.2. The number of hydrogen-bond donors (Lipinski definition) is 0. The van der Waals surface area contributed by atoms with Crippen LogP contribution in [0.3, 0.4) is 0 Å². The summed E-state index contributed by atoms with van der Waals surface area (Å²) in [4.78, 5) is 29.8. The van der Waals surface area contributed by atoms with E-state index in [-0.39, 0.29) is 5.91 Å². The first-order chi connectivity index (χ1) is 14.2. The lowest BCUT2D eigenvalue weighted by Crippen LogP contribution is -2.47. The highest BCUT2D eigenvalue weighted by Gasteiger charge is 2.25. The van der Waals surface area contributed by atoms with Crippen LogP contribution in [0.2, 0.25) is 0 Å². The molecule has 29 heavy (non-hydrogen) atoms. The molecular formula is C21H29N5OS2. The minimum absolute atomic E-state index is 0.234. The number of carbonyl (C=O) groups excluding carboxylic acids is 1. The lowest BCUT2D eigenvalue weighted by molar-refractivity contribution is 0.0761. The number of thioether (sulfide) groups is 1. The average Bonchev–Trinajstić information content (AvgIpc) is 3.13. The normalized spacial score (nSPS) is 18.0. The summed E-state index contributed by atoms with van der Waals surface area (Å²) in [6.45, 7) is 9.05. The number of aromatic nitrogens is 2. The first kappa shape index (κ1) is 20.6. The highest BCUT2D eigenvalue weighted by atomic mass is 32.2. The molecule has 1 amide bonds. The highest BCUT2D eigenvalue weighted by molar-refractivity contribution is 8.01. The molecule has 156 valence electrons. The van der Waals surface area contributed by atoms with Gasteiger partial charge in [-0.2, -0.15) is 0 Å². The minimum atomic E-state index is 0.234. The van der Waals surface area contributed by atoms with Crippen LogP contribution >= 0.6 is 23.1 Å². The second kappa shape index (κ2) is 9.91. The zero-order chi connectivity index (χ0) is 20.1. The van der Waals surface area contributed by atoms with Crippen LogP contribution < -0.4 is 4.90 Å². The maximum absolute atomic E-state index is 12.9. The van der Waals surface area contributed by atoms with Gasteiger partial charge in [0.05, 0.1) is 9.77 Å². The summed E-state index contributed by atoms with van der Waals surface area (Å²) < 4.78 is 1.22. The van der Waals surface area contributed by atoms with Crippen LogP contribution in [0.25, 0.3) is 0 Å². The molecule has 2 aliphatic heterocycles. The SMILES string of the molecule is CCc1cc2c(s1)SCCN(CCCCN1CCN(c3ncccn3)CC1)C2=O. The van der Waals surface area contributed by atoms with Gasteiger partial charge in [0.15, 0.2) is 0 Å². The predicted molar refractivity (Wildman–Crippen MR) is 120 cm³/mol. The number of hydrogen-bond acceptors (Lipinski definition) is 7. The van der Waals surface area contributed by atoms with E-state index in [0.29, 0.717) is 0 Å². The van der Waals surface area contributed by atoms with Crippen molar-refractivity contribution in [3.8, 4) is 0 Å². The monoisotopic (exact) mass is 431 g/mol. The van der Waals surface area contributed by atoms with Crippen molar-refractivity contribution in [1.82, 2.24) is 19.8 Å². The number of amides is 1. The molecule has 2 aliphatic rings. The first-order valence-corrected chi connectivity index (χ1v) is 12.3. The third kappa shape index (κ3) is 5.10. The number of nitrogens with zero attached hydrogens (tertiary/aromatic N) is 5.